The zero-order valence-corrected chi connectivity index (χ0v) is 12.4. The fraction of sp³-hybridized carbons (Fsp3) is 0.286. The number of hydrogen-bond acceptors (Lipinski definition) is 4. The van der Waals surface area contributed by atoms with Crippen molar-refractivity contribution in [3.8, 4) is 0 Å². The first-order valence-electron chi connectivity index (χ1n) is 6.34. The number of amides is 1. The van der Waals surface area contributed by atoms with E-state index >= 15 is 0 Å². The van der Waals surface area contributed by atoms with Gasteiger partial charge in [0, 0.05) is 23.9 Å². The molecule has 1 amide bonds. The van der Waals surface area contributed by atoms with Crippen molar-refractivity contribution < 1.29 is 23.1 Å². The van der Waals surface area contributed by atoms with E-state index in [2.05, 4.69) is 5.32 Å². The molecule has 6 nitrogen and oxygen atoms in total. The van der Waals surface area contributed by atoms with Crippen LogP contribution in [0.25, 0.3) is 6.08 Å². The minimum absolute atomic E-state index is 0.0491. The number of sulfone groups is 1. The van der Waals surface area contributed by atoms with Crippen molar-refractivity contribution >= 4 is 27.8 Å². The van der Waals surface area contributed by atoms with E-state index < -0.39 is 15.8 Å². The van der Waals surface area contributed by atoms with Gasteiger partial charge in [0.2, 0.25) is 0 Å². The van der Waals surface area contributed by atoms with Gasteiger partial charge >= 0.3 is 5.97 Å². The summed E-state index contributed by atoms with van der Waals surface area (Å²) < 4.78 is 22.6. The van der Waals surface area contributed by atoms with Crippen molar-refractivity contribution in [3.05, 3.63) is 41.5 Å². The van der Waals surface area contributed by atoms with Gasteiger partial charge in [0.15, 0.2) is 9.84 Å². The number of carboxylic acid groups (broad SMARTS) is 1. The van der Waals surface area contributed by atoms with E-state index in [9.17, 15) is 18.0 Å². The molecule has 1 aromatic rings. The molecule has 0 aromatic heterocycles. The third kappa shape index (κ3) is 6.22. The van der Waals surface area contributed by atoms with Crippen LogP contribution in [0.15, 0.2) is 30.3 Å². The zero-order valence-electron chi connectivity index (χ0n) is 11.6. The van der Waals surface area contributed by atoms with Gasteiger partial charge in [-0.3, -0.25) is 4.79 Å². The minimum atomic E-state index is -3.10. The van der Waals surface area contributed by atoms with Crippen LogP contribution in [-0.2, 0) is 14.6 Å². The molecule has 0 fully saturated rings. The van der Waals surface area contributed by atoms with Crippen molar-refractivity contribution in [2.24, 2.45) is 0 Å². The normalized spacial score (nSPS) is 11.5. The molecular formula is C14H17NO5S. The molecule has 2 N–H and O–H groups in total. The molecule has 1 aromatic carbocycles. The molecule has 0 spiro atoms. The van der Waals surface area contributed by atoms with E-state index in [0.29, 0.717) is 11.1 Å². The van der Waals surface area contributed by atoms with Crippen LogP contribution in [0, 0.1) is 0 Å². The Morgan fingerprint density at radius 3 is 2.38 bits per heavy atom. The Kier molecular flexibility index (Phi) is 6.10. The maximum absolute atomic E-state index is 11.8. The van der Waals surface area contributed by atoms with Crippen LogP contribution in [0.4, 0.5) is 0 Å². The van der Waals surface area contributed by atoms with Crippen molar-refractivity contribution in [2.45, 2.75) is 6.92 Å². The monoisotopic (exact) mass is 311 g/mol. The smallest absolute Gasteiger partial charge is 0.328 e. The van der Waals surface area contributed by atoms with E-state index in [1.165, 1.54) is 6.08 Å². The molecule has 0 unspecified atom stereocenters. The van der Waals surface area contributed by atoms with Crippen LogP contribution in [0.2, 0.25) is 0 Å². The summed E-state index contributed by atoms with van der Waals surface area (Å²) in [6.45, 7) is 1.62. The molecule has 0 saturated carbocycles. The highest BCUT2D eigenvalue weighted by molar-refractivity contribution is 7.91. The van der Waals surface area contributed by atoms with E-state index in [1.54, 1.807) is 31.2 Å². The number of carbonyl (C=O) groups is 2. The number of carbonyl (C=O) groups excluding carboxylic acids is 1. The Hall–Kier alpha value is -2.15. The van der Waals surface area contributed by atoms with Gasteiger partial charge in [0.25, 0.3) is 5.91 Å². The number of aliphatic carboxylic acids is 1. The largest absolute Gasteiger partial charge is 0.478 e. The number of hydrogen-bond donors (Lipinski definition) is 2. The highest BCUT2D eigenvalue weighted by Crippen LogP contribution is 2.06. The Bertz CT molecular complexity index is 632. The zero-order chi connectivity index (χ0) is 15.9. The van der Waals surface area contributed by atoms with Crippen LogP contribution in [0.5, 0.6) is 0 Å². The van der Waals surface area contributed by atoms with Crippen LogP contribution in [0.1, 0.15) is 22.8 Å². The topological polar surface area (TPSA) is 101 Å². The second kappa shape index (κ2) is 7.58. The third-order valence-electron chi connectivity index (χ3n) is 2.73. The lowest BCUT2D eigenvalue weighted by molar-refractivity contribution is -0.131. The molecular weight excluding hydrogens is 294 g/mol. The van der Waals surface area contributed by atoms with Crippen LogP contribution in [-0.4, -0.2) is 43.5 Å². The highest BCUT2D eigenvalue weighted by atomic mass is 32.2. The number of nitrogens with one attached hydrogen (secondary N) is 1. The Morgan fingerprint density at radius 1 is 1.24 bits per heavy atom. The molecule has 0 saturated heterocycles. The molecule has 7 heteroatoms. The van der Waals surface area contributed by atoms with Crippen LogP contribution in [0.3, 0.4) is 0 Å². The Labute approximate surface area is 123 Å². The first-order chi connectivity index (χ1) is 9.84. The van der Waals surface area contributed by atoms with Crippen molar-refractivity contribution in [3.63, 3.8) is 0 Å². The molecule has 0 radical (unpaired) electrons. The van der Waals surface area contributed by atoms with Gasteiger partial charge in [-0.05, 0) is 23.8 Å². The fourth-order valence-corrected chi connectivity index (χ4v) is 2.18. The summed E-state index contributed by atoms with van der Waals surface area (Å²) in [6, 6.07) is 6.31. The average Bonchev–Trinajstić information content (AvgIpc) is 2.45. The lowest BCUT2D eigenvalue weighted by Crippen LogP contribution is -2.29. The predicted molar refractivity (Wildman–Crippen MR) is 79.8 cm³/mol. The van der Waals surface area contributed by atoms with Gasteiger partial charge < -0.3 is 10.4 Å². The molecule has 114 valence electrons. The summed E-state index contributed by atoms with van der Waals surface area (Å²) in [5.41, 5.74) is 1.04. The summed E-state index contributed by atoms with van der Waals surface area (Å²) in [7, 11) is -3.10. The van der Waals surface area contributed by atoms with Crippen molar-refractivity contribution in [1.82, 2.24) is 5.32 Å². The molecule has 1 rings (SSSR count). The third-order valence-corrected chi connectivity index (χ3v) is 4.44. The summed E-state index contributed by atoms with van der Waals surface area (Å²) in [4.78, 5) is 22.1. The van der Waals surface area contributed by atoms with Crippen LogP contribution < -0.4 is 5.32 Å². The Morgan fingerprint density at radius 2 is 1.86 bits per heavy atom. The standard InChI is InChI=1S/C14H17NO5S/c1-2-21(19,20)10-9-15-14(18)12-6-3-11(4-7-12)5-8-13(16)17/h3-8H,2,9-10H2,1H3,(H,15,18)(H,16,17)/b8-5+. The second-order valence-corrected chi connectivity index (χ2v) is 6.76. The summed E-state index contributed by atoms with van der Waals surface area (Å²) in [5, 5.41) is 11.0. The first kappa shape index (κ1) is 16.9. The second-order valence-electron chi connectivity index (χ2n) is 4.29. The molecule has 0 aliphatic carbocycles. The highest BCUT2D eigenvalue weighted by Gasteiger charge is 2.09. The average molecular weight is 311 g/mol. The minimum Gasteiger partial charge on any atom is -0.478 e. The van der Waals surface area contributed by atoms with Gasteiger partial charge in [0.05, 0.1) is 5.75 Å². The van der Waals surface area contributed by atoms with Gasteiger partial charge in [-0.1, -0.05) is 19.1 Å². The molecule has 0 aliphatic rings. The fourth-order valence-electron chi connectivity index (χ4n) is 1.48. The summed E-state index contributed by atoms with van der Waals surface area (Å²) >= 11 is 0. The van der Waals surface area contributed by atoms with E-state index in [-0.39, 0.29) is 24.0 Å². The van der Waals surface area contributed by atoms with E-state index in [0.717, 1.165) is 6.08 Å². The van der Waals surface area contributed by atoms with Gasteiger partial charge in [-0.15, -0.1) is 0 Å². The van der Waals surface area contributed by atoms with E-state index in [4.69, 9.17) is 5.11 Å². The van der Waals surface area contributed by atoms with Gasteiger partial charge in [-0.2, -0.15) is 0 Å². The van der Waals surface area contributed by atoms with Crippen molar-refractivity contribution in [1.29, 1.82) is 0 Å². The maximum atomic E-state index is 11.8. The number of carboxylic acids is 1. The number of rotatable bonds is 7. The molecule has 0 atom stereocenters. The Balaban J connectivity index is 2.57. The first-order valence-corrected chi connectivity index (χ1v) is 8.16. The lowest BCUT2D eigenvalue weighted by Gasteiger charge is -2.05. The summed E-state index contributed by atoms with van der Waals surface area (Å²) in [6.07, 6.45) is 2.42. The molecule has 21 heavy (non-hydrogen) atoms. The predicted octanol–water partition coefficient (Wildman–Crippen LogP) is 0.949. The van der Waals surface area contributed by atoms with Gasteiger partial charge in [-0.25, -0.2) is 13.2 Å². The summed E-state index contributed by atoms with van der Waals surface area (Å²) in [5.74, 6) is -1.45. The molecule has 0 heterocycles. The van der Waals surface area contributed by atoms with Gasteiger partial charge in [0.1, 0.15) is 0 Å². The van der Waals surface area contributed by atoms with Crippen LogP contribution >= 0.6 is 0 Å². The molecule has 0 bridgehead atoms. The van der Waals surface area contributed by atoms with Crippen molar-refractivity contribution in [2.75, 3.05) is 18.1 Å². The molecule has 0 aliphatic heterocycles. The lowest BCUT2D eigenvalue weighted by atomic mass is 10.1. The number of benzene rings is 1. The SMILES string of the molecule is CCS(=O)(=O)CCNC(=O)c1ccc(/C=C/C(=O)O)cc1. The van der Waals surface area contributed by atoms with E-state index in [1.807, 2.05) is 0 Å². The maximum Gasteiger partial charge on any atom is 0.328 e. The quantitative estimate of drug-likeness (QED) is 0.730.